The van der Waals surface area contributed by atoms with Gasteiger partial charge in [0.25, 0.3) is 11.8 Å². The van der Waals surface area contributed by atoms with Gasteiger partial charge in [0, 0.05) is 43.3 Å². The van der Waals surface area contributed by atoms with Crippen molar-refractivity contribution in [2.75, 3.05) is 19.0 Å². The van der Waals surface area contributed by atoms with Crippen LogP contribution in [0.25, 0.3) is 0 Å². The van der Waals surface area contributed by atoms with Gasteiger partial charge in [-0.2, -0.15) is 0 Å². The van der Waals surface area contributed by atoms with Crippen molar-refractivity contribution in [3.8, 4) is 0 Å². The summed E-state index contributed by atoms with van der Waals surface area (Å²) in [6.07, 6.45) is 3.37. The first-order valence-corrected chi connectivity index (χ1v) is 12.6. The number of hydroxylamine groups is 1. The molecule has 0 radical (unpaired) electrons. The molecule has 2 aromatic rings. The molecular formula is C27H35FN4O10. The third-order valence-electron chi connectivity index (χ3n) is 5.15. The Kier molecular flexibility index (Phi) is 19.3. The van der Waals surface area contributed by atoms with Gasteiger partial charge in [0.1, 0.15) is 18.1 Å². The highest BCUT2D eigenvalue weighted by Crippen LogP contribution is 2.12. The third-order valence-corrected chi connectivity index (χ3v) is 5.15. The lowest BCUT2D eigenvalue weighted by atomic mass is 10.1. The van der Waals surface area contributed by atoms with E-state index in [1.165, 1.54) is 29.7 Å². The summed E-state index contributed by atoms with van der Waals surface area (Å²) in [4.78, 5) is 65.3. The summed E-state index contributed by atoms with van der Waals surface area (Å²) in [5.74, 6) is -3.47. The van der Waals surface area contributed by atoms with Crippen LogP contribution < -0.4 is 21.4 Å². The lowest BCUT2D eigenvalue weighted by Crippen LogP contribution is -2.45. The van der Waals surface area contributed by atoms with Crippen LogP contribution in [0.15, 0.2) is 48.5 Å². The van der Waals surface area contributed by atoms with Crippen LogP contribution in [0.4, 0.5) is 14.9 Å². The molecule has 42 heavy (non-hydrogen) atoms. The highest BCUT2D eigenvalue weighted by molar-refractivity contribution is 6.04. The quantitative estimate of drug-likeness (QED) is 0.0687. The Balaban J connectivity index is 0.000000892. The van der Waals surface area contributed by atoms with Crippen LogP contribution in [0.5, 0.6) is 0 Å². The first kappa shape index (κ1) is 37.1. The zero-order valence-corrected chi connectivity index (χ0v) is 22.8. The molecule has 2 rings (SSSR count). The minimum absolute atomic E-state index is 0.184. The first-order chi connectivity index (χ1) is 20.1. The topological polar surface area (TPSA) is 231 Å². The Bertz CT molecular complexity index is 1140. The van der Waals surface area contributed by atoms with E-state index in [0.29, 0.717) is 29.8 Å². The molecule has 15 heteroatoms. The van der Waals surface area contributed by atoms with Gasteiger partial charge in [-0.1, -0.05) is 6.42 Å². The second kappa shape index (κ2) is 21.9. The van der Waals surface area contributed by atoms with E-state index in [1.807, 2.05) is 5.32 Å². The molecule has 1 atom stereocenters. The molecule has 230 valence electrons. The van der Waals surface area contributed by atoms with Gasteiger partial charge in [-0.3, -0.25) is 19.6 Å². The Morgan fingerprint density at radius 3 is 1.95 bits per heavy atom. The predicted molar refractivity (Wildman–Crippen MR) is 148 cm³/mol. The van der Waals surface area contributed by atoms with Gasteiger partial charge >= 0.3 is 18.0 Å². The zero-order valence-electron chi connectivity index (χ0n) is 22.8. The summed E-state index contributed by atoms with van der Waals surface area (Å²) in [6.45, 7) is 0.556. The maximum Gasteiger partial charge on any atom is 0.339 e. The molecule has 14 nitrogen and oxygen atoms in total. The molecule has 0 aromatic heterocycles. The van der Waals surface area contributed by atoms with Crippen LogP contribution in [-0.4, -0.2) is 76.3 Å². The average Bonchev–Trinajstić information content (AvgIpc) is 2.98. The molecular weight excluding hydrogens is 559 g/mol. The van der Waals surface area contributed by atoms with E-state index < -0.39 is 29.8 Å². The highest BCUT2D eigenvalue weighted by atomic mass is 19.1. The van der Waals surface area contributed by atoms with Crippen LogP contribution in [0.1, 0.15) is 59.2 Å². The zero-order chi connectivity index (χ0) is 31.9. The number of nitrogens with one attached hydrogen (secondary N) is 4. The molecule has 0 aliphatic carbocycles. The number of urea groups is 1. The summed E-state index contributed by atoms with van der Waals surface area (Å²) < 4.78 is 12.9. The Morgan fingerprint density at radius 2 is 1.43 bits per heavy atom. The fourth-order valence-corrected chi connectivity index (χ4v) is 3.06. The number of aliphatic hydroxyl groups is 1. The van der Waals surface area contributed by atoms with Crippen molar-refractivity contribution in [2.24, 2.45) is 0 Å². The van der Waals surface area contributed by atoms with Crippen LogP contribution in [-0.2, 0) is 14.4 Å². The minimum atomic E-state index is -1.37. The number of carbonyl (C=O) groups excluding carboxylic acids is 4. The lowest BCUT2D eigenvalue weighted by molar-refractivity contribution is -0.140. The maximum atomic E-state index is 12.9. The number of unbranched alkanes of at least 4 members (excludes halogenated alkanes) is 3. The molecule has 0 spiro atoms. The van der Waals surface area contributed by atoms with Gasteiger partial charge in [-0.05, 0) is 67.8 Å². The summed E-state index contributed by atoms with van der Waals surface area (Å²) >= 11 is 0. The average molecular weight is 595 g/mol. The third kappa shape index (κ3) is 16.3. The van der Waals surface area contributed by atoms with Crippen LogP contribution >= 0.6 is 0 Å². The van der Waals surface area contributed by atoms with Gasteiger partial charge in [0.05, 0.1) is 0 Å². The summed E-state index contributed by atoms with van der Waals surface area (Å²) in [6, 6.07) is 9.36. The van der Waals surface area contributed by atoms with Crippen LogP contribution in [0, 0.1) is 5.82 Å². The van der Waals surface area contributed by atoms with Gasteiger partial charge in [-0.25, -0.2) is 19.5 Å². The largest absolute Gasteiger partial charge is 0.481 e. The molecule has 2 aromatic carbocycles. The molecule has 0 aliphatic rings. The van der Waals surface area contributed by atoms with Gasteiger partial charge < -0.3 is 36.1 Å². The first-order valence-electron chi connectivity index (χ1n) is 12.6. The van der Waals surface area contributed by atoms with Gasteiger partial charge in [-0.15, -0.1) is 0 Å². The molecule has 4 amide bonds. The van der Waals surface area contributed by atoms with E-state index in [-0.39, 0.29) is 24.7 Å². The van der Waals surface area contributed by atoms with E-state index in [0.717, 1.165) is 32.7 Å². The summed E-state index contributed by atoms with van der Waals surface area (Å²) in [7, 11) is 1.00. The number of carbonyl (C=O) groups is 6. The van der Waals surface area contributed by atoms with E-state index in [2.05, 4.69) is 10.6 Å². The number of hydrogen-bond donors (Lipinski definition) is 8. The summed E-state index contributed by atoms with van der Waals surface area (Å²) in [5.41, 5.74) is 2.57. The second-order valence-corrected chi connectivity index (χ2v) is 8.22. The van der Waals surface area contributed by atoms with Crippen molar-refractivity contribution in [3.63, 3.8) is 0 Å². The molecule has 1 unspecified atom stereocenters. The fraction of sp³-hybridized carbons (Fsp3) is 0.333. The SMILES string of the molecule is CO.O=C(O)CCC(NC(=O)NO)C(=O)O.O=CCCCCCNC(=O)c1ccc(NC(=O)c2ccc(F)cc2)cc1. The van der Waals surface area contributed by atoms with Crippen molar-refractivity contribution in [1.82, 2.24) is 16.1 Å². The van der Waals surface area contributed by atoms with Gasteiger partial charge in [0.2, 0.25) is 0 Å². The van der Waals surface area contributed by atoms with Crippen molar-refractivity contribution < 1.29 is 53.7 Å². The van der Waals surface area contributed by atoms with E-state index in [9.17, 15) is 33.2 Å². The molecule has 0 heterocycles. The summed E-state index contributed by atoms with van der Waals surface area (Å²) in [5, 5.41) is 39.2. The standard InChI is InChI=1S/C20H21FN2O3.C6H10N2O6.CH4O/c21-17-9-5-16(6-10-17)20(26)23-18-11-7-15(8-12-18)19(25)22-13-3-1-2-4-14-24;9-4(10)2-1-3(5(11)12)7-6(13)8-14;1-2/h5-12,14H,1-4,13H2,(H,22,25)(H,23,26);3,14H,1-2H2,(H,9,10)(H,11,12)(H2,7,8,13);2H,1H3. The number of hydrogen-bond acceptors (Lipinski definition) is 8. The molecule has 0 aliphatic heterocycles. The highest BCUT2D eigenvalue weighted by Gasteiger charge is 2.20. The Hall–Kier alpha value is -4.89. The number of amides is 4. The van der Waals surface area contributed by atoms with Gasteiger partial charge in [0.15, 0.2) is 0 Å². The molecule has 0 bridgehead atoms. The number of rotatable bonds is 14. The Morgan fingerprint density at radius 1 is 0.857 bits per heavy atom. The van der Waals surface area contributed by atoms with Crippen molar-refractivity contribution >= 4 is 41.8 Å². The number of halogens is 1. The molecule has 0 saturated carbocycles. The lowest BCUT2D eigenvalue weighted by Gasteiger charge is -2.11. The number of anilines is 1. The van der Waals surface area contributed by atoms with E-state index in [4.69, 9.17) is 20.5 Å². The smallest absolute Gasteiger partial charge is 0.339 e. The number of benzene rings is 2. The monoisotopic (exact) mass is 594 g/mol. The van der Waals surface area contributed by atoms with Crippen molar-refractivity contribution in [3.05, 3.63) is 65.5 Å². The van der Waals surface area contributed by atoms with Crippen LogP contribution in [0.3, 0.4) is 0 Å². The van der Waals surface area contributed by atoms with Crippen LogP contribution in [0.2, 0.25) is 0 Å². The number of aldehydes is 1. The maximum absolute atomic E-state index is 12.9. The second-order valence-electron chi connectivity index (χ2n) is 8.22. The fourth-order valence-electron chi connectivity index (χ4n) is 3.06. The Labute approximate surface area is 240 Å². The molecule has 0 saturated heterocycles. The normalized spacial score (nSPS) is 10.3. The van der Waals surface area contributed by atoms with E-state index in [1.54, 1.807) is 24.3 Å². The number of aliphatic carboxylic acids is 2. The minimum Gasteiger partial charge on any atom is -0.481 e. The molecule has 0 fully saturated rings. The predicted octanol–water partition coefficient (Wildman–Crippen LogP) is 2.17. The number of carboxylic acid groups (broad SMARTS) is 2. The van der Waals surface area contributed by atoms with Crippen molar-refractivity contribution in [1.29, 1.82) is 0 Å². The van der Waals surface area contributed by atoms with Crippen molar-refractivity contribution in [2.45, 2.75) is 44.6 Å². The van der Waals surface area contributed by atoms with E-state index >= 15 is 0 Å². The number of aliphatic hydroxyl groups excluding tert-OH is 1. The molecule has 8 N–H and O–H groups in total. The number of carboxylic acids is 2.